The standard InChI is InChI=1S/C20H28N2O2/c1-8-24-18(23)14-9-11-15(12-10-14)22-17(20(5,6)7)13-16(21-22)19(2,3)4/h9-13H,8H2,1-7H3. The highest BCUT2D eigenvalue weighted by molar-refractivity contribution is 5.89. The van der Waals surface area contributed by atoms with Crippen molar-refractivity contribution in [2.75, 3.05) is 6.61 Å². The monoisotopic (exact) mass is 328 g/mol. The number of nitrogens with zero attached hydrogens (tertiary/aromatic N) is 2. The van der Waals surface area contributed by atoms with Gasteiger partial charge in [-0.05, 0) is 37.3 Å². The number of carbonyl (C=O) groups excluding carboxylic acids is 1. The third-order valence-corrected chi connectivity index (χ3v) is 3.87. The molecule has 0 aliphatic carbocycles. The summed E-state index contributed by atoms with van der Waals surface area (Å²) < 4.78 is 7.02. The minimum absolute atomic E-state index is 0.0177. The summed E-state index contributed by atoms with van der Waals surface area (Å²) >= 11 is 0. The van der Waals surface area contributed by atoms with Crippen molar-refractivity contribution in [3.8, 4) is 5.69 Å². The Balaban J connectivity index is 2.48. The SMILES string of the molecule is CCOC(=O)c1ccc(-n2nc(C(C)(C)C)cc2C(C)(C)C)cc1. The van der Waals surface area contributed by atoms with Crippen molar-refractivity contribution in [3.63, 3.8) is 0 Å². The lowest BCUT2D eigenvalue weighted by Crippen LogP contribution is -2.17. The van der Waals surface area contributed by atoms with E-state index in [1.807, 2.05) is 16.8 Å². The van der Waals surface area contributed by atoms with Crippen LogP contribution in [-0.4, -0.2) is 22.4 Å². The number of esters is 1. The van der Waals surface area contributed by atoms with E-state index in [1.165, 1.54) is 0 Å². The van der Waals surface area contributed by atoms with Crippen molar-refractivity contribution in [1.82, 2.24) is 9.78 Å². The fourth-order valence-corrected chi connectivity index (χ4v) is 2.43. The minimum Gasteiger partial charge on any atom is -0.462 e. The van der Waals surface area contributed by atoms with Gasteiger partial charge in [0.05, 0.1) is 23.6 Å². The number of benzene rings is 1. The number of hydrogen-bond acceptors (Lipinski definition) is 3. The van der Waals surface area contributed by atoms with E-state index in [0.717, 1.165) is 17.1 Å². The second kappa shape index (κ2) is 6.42. The molecule has 2 aromatic rings. The molecule has 1 aromatic heterocycles. The first kappa shape index (κ1) is 18.2. The normalized spacial score (nSPS) is 12.3. The van der Waals surface area contributed by atoms with Gasteiger partial charge in [-0.15, -0.1) is 0 Å². The molecular weight excluding hydrogens is 300 g/mol. The summed E-state index contributed by atoms with van der Waals surface area (Å²) in [6.45, 7) is 15.2. The van der Waals surface area contributed by atoms with Gasteiger partial charge < -0.3 is 4.74 Å². The zero-order valence-corrected chi connectivity index (χ0v) is 15.8. The molecule has 0 fully saturated rings. The lowest BCUT2D eigenvalue weighted by atomic mass is 9.88. The molecule has 0 atom stereocenters. The van der Waals surface area contributed by atoms with E-state index in [-0.39, 0.29) is 16.8 Å². The van der Waals surface area contributed by atoms with Gasteiger partial charge in [-0.25, -0.2) is 9.48 Å². The number of ether oxygens (including phenoxy) is 1. The molecule has 4 heteroatoms. The van der Waals surface area contributed by atoms with E-state index in [0.29, 0.717) is 12.2 Å². The zero-order chi connectivity index (χ0) is 18.1. The van der Waals surface area contributed by atoms with Crippen LogP contribution in [0.3, 0.4) is 0 Å². The fraction of sp³-hybridized carbons (Fsp3) is 0.500. The Labute approximate surface area is 144 Å². The Bertz CT molecular complexity index is 714. The van der Waals surface area contributed by atoms with Gasteiger partial charge in [0.25, 0.3) is 0 Å². The van der Waals surface area contributed by atoms with Crippen LogP contribution in [0.15, 0.2) is 30.3 Å². The first-order chi connectivity index (χ1) is 11.0. The molecule has 2 rings (SSSR count). The quantitative estimate of drug-likeness (QED) is 0.771. The van der Waals surface area contributed by atoms with E-state index in [1.54, 1.807) is 19.1 Å². The molecule has 4 nitrogen and oxygen atoms in total. The summed E-state index contributed by atoms with van der Waals surface area (Å²) in [5.41, 5.74) is 3.66. The summed E-state index contributed by atoms with van der Waals surface area (Å²) in [5.74, 6) is -0.295. The van der Waals surface area contributed by atoms with Crippen LogP contribution in [-0.2, 0) is 15.6 Å². The van der Waals surface area contributed by atoms with Gasteiger partial charge in [0.2, 0.25) is 0 Å². The topological polar surface area (TPSA) is 44.1 Å². The highest BCUT2D eigenvalue weighted by Gasteiger charge is 2.26. The van der Waals surface area contributed by atoms with Gasteiger partial charge >= 0.3 is 5.97 Å². The Morgan fingerprint density at radius 1 is 1.04 bits per heavy atom. The second-order valence-electron chi connectivity index (χ2n) is 8.09. The Kier molecular flexibility index (Phi) is 4.88. The maximum absolute atomic E-state index is 11.8. The summed E-state index contributed by atoms with van der Waals surface area (Å²) in [7, 11) is 0. The van der Waals surface area contributed by atoms with Crippen LogP contribution in [0.1, 0.15) is 70.2 Å². The van der Waals surface area contributed by atoms with Gasteiger partial charge in [0, 0.05) is 16.5 Å². The zero-order valence-electron chi connectivity index (χ0n) is 15.8. The largest absolute Gasteiger partial charge is 0.462 e. The molecule has 0 aliphatic heterocycles. The van der Waals surface area contributed by atoms with Gasteiger partial charge in [-0.2, -0.15) is 5.10 Å². The predicted molar refractivity (Wildman–Crippen MR) is 96.9 cm³/mol. The molecule has 0 aliphatic rings. The average molecular weight is 328 g/mol. The minimum atomic E-state index is -0.295. The van der Waals surface area contributed by atoms with Crippen LogP contribution in [0, 0.1) is 0 Å². The molecule has 1 heterocycles. The first-order valence-corrected chi connectivity index (χ1v) is 8.42. The number of aromatic nitrogens is 2. The number of rotatable bonds is 3. The van der Waals surface area contributed by atoms with Crippen molar-refractivity contribution >= 4 is 5.97 Å². The Morgan fingerprint density at radius 2 is 1.62 bits per heavy atom. The van der Waals surface area contributed by atoms with E-state index >= 15 is 0 Å². The highest BCUT2D eigenvalue weighted by atomic mass is 16.5. The molecule has 0 saturated heterocycles. The molecule has 0 unspecified atom stereocenters. The maximum Gasteiger partial charge on any atom is 0.338 e. The molecule has 24 heavy (non-hydrogen) atoms. The lowest BCUT2D eigenvalue weighted by Gasteiger charge is -2.20. The van der Waals surface area contributed by atoms with Crippen molar-refractivity contribution in [2.24, 2.45) is 0 Å². The lowest BCUT2D eigenvalue weighted by molar-refractivity contribution is 0.0526. The van der Waals surface area contributed by atoms with E-state index in [2.05, 4.69) is 47.6 Å². The molecule has 1 aromatic carbocycles. The van der Waals surface area contributed by atoms with Crippen molar-refractivity contribution in [2.45, 2.75) is 59.3 Å². The van der Waals surface area contributed by atoms with Gasteiger partial charge in [-0.1, -0.05) is 41.5 Å². The van der Waals surface area contributed by atoms with E-state index < -0.39 is 0 Å². The van der Waals surface area contributed by atoms with Crippen molar-refractivity contribution < 1.29 is 9.53 Å². The number of carbonyl (C=O) groups is 1. The highest BCUT2D eigenvalue weighted by Crippen LogP contribution is 2.30. The molecule has 0 amide bonds. The van der Waals surface area contributed by atoms with Crippen LogP contribution in [0.25, 0.3) is 5.69 Å². The Morgan fingerprint density at radius 3 is 2.08 bits per heavy atom. The van der Waals surface area contributed by atoms with E-state index in [9.17, 15) is 4.79 Å². The molecular formula is C20H28N2O2. The molecule has 0 saturated carbocycles. The van der Waals surface area contributed by atoms with Crippen LogP contribution >= 0.6 is 0 Å². The van der Waals surface area contributed by atoms with Crippen LogP contribution in [0.2, 0.25) is 0 Å². The third kappa shape index (κ3) is 3.86. The maximum atomic E-state index is 11.8. The summed E-state index contributed by atoms with van der Waals surface area (Å²) in [6.07, 6.45) is 0. The molecule has 0 radical (unpaired) electrons. The Hall–Kier alpha value is -2.10. The van der Waals surface area contributed by atoms with Crippen LogP contribution < -0.4 is 0 Å². The molecule has 0 spiro atoms. The molecule has 0 bridgehead atoms. The van der Waals surface area contributed by atoms with E-state index in [4.69, 9.17) is 9.84 Å². The van der Waals surface area contributed by atoms with Gasteiger partial charge in [0.15, 0.2) is 0 Å². The van der Waals surface area contributed by atoms with Crippen molar-refractivity contribution in [3.05, 3.63) is 47.3 Å². The first-order valence-electron chi connectivity index (χ1n) is 8.42. The van der Waals surface area contributed by atoms with Crippen molar-refractivity contribution in [1.29, 1.82) is 0 Å². The van der Waals surface area contributed by atoms with Gasteiger partial charge in [-0.3, -0.25) is 0 Å². The average Bonchev–Trinajstić information content (AvgIpc) is 2.93. The smallest absolute Gasteiger partial charge is 0.338 e. The summed E-state index contributed by atoms with van der Waals surface area (Å²) in [4.78, 5) is 11.8. The van der Waals surface area contributed by atoms with Crippen LogP contribution in [0.4, 0.5) is 0 Å². The fourth-order valence-electron chi connectivity index (χ4n) is 2.43. The summed E-state index contributed by atoms with van der Waals surface area (Å²) in [5, 5.41) is 4.83. The third-order valence-electron chi connectivity index (χ3n) is 3.87. The molecule has 130 valence electrons. The van der Waals surface area contributed by atoms with Crippen LogP contribution in [0.5, 0.6) is 0 Å². The second-order valence-corrected chi connectivity index (χ2v) is 8.09. The predicted octanol–water partition coefficient (Wildman–Crippen LogP) is 4.64. The molecule has 0 N–H and O–H groups in total. The van der Waals surface area contributed by atoms with Gasteiger partial charge in [0.1, 0.15) is 0 Å². The summed E-state index contributed by atoms with van der Waals surface area (Å²) in [6, 6.07) is 9.59. The number of hydrogen-bond donors (Lipinski definition) is 0.